The van der Waals surface area contributed by atoms with Gasteiger partial charge in [0.15, 0.2) is 0 Å². The van der Waals surface area contributed by atoms with Gasteiger partial charge in [-0.15, -0.1) is 0 Å². The van der Waals surface area contributed by atoms with Crippen LogP contribution in [0.25, 0.3) is 0 Å². The Hall–Kier alpha value is -1.91. The summed E-state index contributed by atoms with van der Waals surface area (Å²) in [4.78, 5) is 11.4. The van der Waals surface area contributed by atoms with Crippen LogP contribution in [0.4, 0.5) is 16.2 Å². The van der Waals surface area contributed by atoms with Gasteiger partial charge in [-0.1, -0.05) is 12.1 Å². The first-order valence-corrected chi connectivity index (χ1v) is 6.85. The Labute approximate surface area is 120 Å². The third kappa shape index (κ3) is 5.82. The second-order valence-corrected chi connectivity index (χ2v) is 5.75. The molecule has 0 aliphatic rings. The third-order valence-corrected chi connectivity index (χ3v) is 2.66. The molecule has 0 aliphatic carbocycles. The highest BCUT2D eigenvalue weighted by atomic mass is 16.6. The van der Waals surface area contributed by atoms with Crippen LogP contribution in [0.1, 0.15) is 32.8 Å². The molecule has 1 rings (SSSR count). The summed E-state index contributed by atoms with van der Waals surface area (Å²) in [6.45, 7) is 8.81. The summed E-state index contributed by atoms with van der Waals surface area (Å²) in [5.41, 5.74) is 8.26. The summed E-state index contributed by atoms with van der Waals surface area (Å²) in [5, 5.41) is 5.98. The first-order chi connectivity index (χ1) is 9.29. The summed E-state index contributed by atoms with van der Waals surface area (Å²) in [7, 11) is 0. The predicted octanol–water partition coefficient (Wildman–Crippen LogP) is 2.90. The van der Waals surface area contributed by atoms with E-state index >= 15 is 0 Å². The Kier molecular flexibility index (Phi) is 5.67. The van der Waals surface area contributed by atoms with Crippen LogP contribution in [-0.4, -0.2) is 24.8 Å². The van der Waals surface area contributed by atoms with Gasteiger partial charge < -0.3 is 21.1 Å². The Morgan fingerprint density at radius 2 is 2.00 bits per heavy atom. The summed E-state index contributed by atoms with van der Waals surface area (Å²) in [6.07, 6.45) is 0.416. The van der Waals surface area contributed by atoms with Crippen molar-refractivity contribution >= 4 is 17.5 Å². The molecule has 0 atom stereocenters. The molecular weight excluding hydrogens is 254 g/mol. The van der Waals surface area contributed by atoms with Crippen LogP contribution in [0, 0.1) is 6.92 Å². The molecule has 1 amide bonds. The van der Waals surface area contributed by atoms with Gasteiger partial charge >= 0.3 is 6.09 Å². The zero-order chi connectivity index (χ0) is 15.2. The number of nitrogen functional groups attached to an aromatic ring is 1. The van der Waals surface area contributed by atoms with Crippen LogP contribution < -0.4 is 16.4 Å². The van der Waals surface area contributed by atoms with Crippen molar-refractivity contribution in [2.45, 2.75) is 39.7 Å². The smallest absolute Gasteiger partial charge is 0.407 e. The quantitative estimate of drug-likeness (QED) is 0.572. The van der Waals surface area contributed by atoms with Gasteiger partial charge in [0.25, 0.3) is 0 Å². The molecule has 0 radical (unpaired) electrons. The number of nitrogens with one attached hydrogen (secondary N) is 2. The van der Waals surface area contributed by atoms with Crippen molar-refractivity contribution in [3.05, 3.63) is 23.8 Å². The second-order valence-electron chi connectivity index (χ2n) is 5.75. The number of amides is 1. The molecular formula is C15H25N3O2. The van der Waals surface area contributed by atoms with Crippen molar-refractivity contribution in [2.75, 3.05) is 24.1 Å². The number of carbonyl (C=O) groups is 1. The van der Waals surface area contributed by atoms with Crippen molar-refractivity contribution in [1.82, 2.24) is 5.32 Å². The van der Waals surface area contributed by atoms with Crippen LogP contribution >= 0.6 is 0 Å². The van der Waals surface area contributed by atoms with Gasteiger partial charge in [0, 0.05) is 13.1 Å². The Morgan fingerprint density at radius 1 is 1.30 bits per heavy atom. The molecule has 0 saturated carbocycles. The number of ether oxygens (including phenoxy) is 1. The van der Waals surface area contributed by atoms with Gasteiger partial charge in [-0.2, -0.15) is 0 Å². The number of alkyl carbamates (subject to hydrolysis) is 1. The fourth-order valence-electron chi connectivity index (χ4n) is 1.65. The average Bonchev–Trinajstić information content (AvgIpc) is 2.31. The molecule has 0 bridgehead atoms. The van der Waals surface area contributed by atoms with Crippen LogP contribution in [0.2, 0.25) is 0 Å². The second kappa shape index (κ2) is 7.03. The molecule has 0 heterocycles. The van der Waals surface area contributed by atoms with Gasteiger partial charge in [-0.3, -0.25) is 0 Å². The van der Waals surface area contributed by atoms with E-state index in [0.717, 1.165) is 29.9 Å². The van der Waals surface area contributed by atoms with Gasteiger partial charge in [0.1, 0.15) is 5.60 Å². The SMILES string of the molecule is Cc1cccc(NCCCNC(=O)OC(C)(C)C)c1N. The molecule has 0 saturated heterocycles. The van der Waals surface area contributed by atoms with Crippen molar-refractivity contribution < 1.29 is 9.53 Å². The Bertz CT molecular complexity index is 453. The molecule has 0 spiro atoms. The van der Waals surface area contributed by atoms with E-state index in [2.05, 4.69) is 10.6 Å². The molecule has 0 aliphatic heterocycles. The first-order valence-electron chi connectivity index (χ1n) is 6.85. The zero-order valence-electron chi connectivity index (χ0n) is 12.7. The van der Waals surface area contributed by atoms with Gasteiger partial charge in [0.05, 0.1) is 11.4 Å². The summed E-state index contributed by atoms with van der Waals surface area (Å²) in [6, 6.07) is 5.89. The topological polar surface area (TPSA) is 76.4 Å². The number of nitrogens with two attached hydrogens (primary N) is 1. The number of hydrogen-bond donors (Lipinski definition) is 3. The number of aryl methyl sites for hydroxylation is 1. The average molecular weight is 279 g/mol. The predicted molar refractivity (Wildman–Crippen MR) is 82.9 cm³/mol. The maximum absolute atomic E-state index is 11.4. The minimum Gasteiger partial charge on any atom is -0.444 e. The van der Waals surface area contributed by atoms with Crippen molar-refractivity contribution in [2.24, 2.45) is 0 Å². The lowest BCUT2D eigenvalue weighted by atomic mass is 10.1. The number of carbonyl (C=O) groups excluding carboxylic acids is 1. The molecule has 5 nitrogen and oxygen atoms in total. The van der Waals surface area contributed by atoms with Crippen molar-refractivity contribution in [3.8, 4) is 0 Å². The van der Waals surface area contributed by atoms with Gasteiger partial charge in [0.2, 0.25) is 0 Å². The zero-order valence-corrected chi connectivity index (χ0v) is 12.7. The number of para-hydroxylation sites is 1. The molecule has 112 valence electrons. The van der Waals surface area contributed by atoms with Crippen LogP contribution in [0.15, 0.2) is 18.2 Å². The summed E-state index contributed by atoms with van der Waals surface area (Å²) < 4.78 is 5.15. The lowest BCUT2D eigenvalue weighted by Crippen LogP contribution is -2.33. The Balaban J connectivity index is 2.23. The van der Waals surface area contributed by atoms with Gasteiger partial charge in [-0.05, 0) is 45.7 Å². The van der Waals surface area contributed by atoms with Crippen LogP contribution in [-0.2, 0) is 4.74 Å². The van der Waals surface area contributed by atoms with E-state index in [-0.39, 0.29) is 6.09 Å². The fourth-order valence-corrected chi connectivity index (χ4v) is 1.65. The number of anilines is 2. The molecule has 4 N–H and O–H groups in total. The van der Waals surface area contributed by atoms with E-state index in [1.165, 1.54) is 0 Å². The normalized spacial score (nSPS) is 11.0. The highest BCUT2D eigenvalue weighted by Gasteiger charge is 2.15. The largest absolute Gasteiger partial charge is 0.444 e. The first kappa shape index (κ1) is 16.1. The number of rotatable bonds is 5. The Morgan fingerprint density at radius 3 is 2.65 bits per heavy atom. The summed E-state index contributed by atoms with van der Waals surface area (Å²) in [5.74, 6) is 0. The minimum atomic E-state index is -0.460. The lowest BCUT2D eigenvalue weighted by Gasteiger charge is -2.19. The molecule has 0 aromatic heterocycles. The van der Waals surface area contributed by atoms with Crippen molar-refractivity contribution in [1.29, 1.82) is 0 Å². The van der Waals surface area contributed by atoms with E-state index < -0.39 is 5.60 Å². The highest BCUT2D eigenvalue weighted by molar-refractivity contribution is 5.69. The number of hydrogen-bond acceptors (Lipinski definition) is 4. The van der Waals surface area contributed by atoms with E-state index in [1.807, 2.05) is 45.9 Å². The standard InChI is InChI=1S/C15H25N3O2/c1-11-7-5-8-12(13(11)16)17-9-6-10-18-14(19)20-15(2,3)4/h5,7-8,17H,6,9-10,16H2,1-4H3,(H,18,19). The van der Waals surface area contributed by atoms with Crippen molar-refractivity contribution in [3.63, 3.8) is 0 Å². The lowest BCUT2D eigenvalue weighted by molar-refractivity contribution is 0.0528. The molecule has 20 heavy (non-hydrogen) atoms. The summed E-state index contributed by atoms with van der Waals surface area (Å²) >= 11 is 0. The maximum Gasteiger partial charge on any atom is 0.407 e. The van der Waals surface area contributed by atoms with Crippen LogP contribution in [0.3, 0.4) is 0 Å². The molecule has 5 heteroatoms. The van der Waals surface area contributed by atoms with E-state index in [0.29, 0.717) is 6.54 Å². The van der Waals surface area contributed by atoms with E-state index in [9.17, 15) is 4.79 Å². The molecule has 1 aromatic carbocycles. The highest BCUT2D eigenvalue weighted by Crippen LogP contribution is 2.21. The van der Waals surface area contributed by atoms with E-state index in [4.69, 9.17) is 10.5 Å². The monoisotopic (exact) mass is 279 g/mol. The number of benzene rings is 1. The maximum atomic E-state index is 11.4. The van der Waals surface area contributed by atoms with E-state index in [1.54, 1.807) is 0 Å². The molecule has 0 fully saturated rings. The molecule has 0 unspecified atom stereocenters. The van der Waals surface area contributed by atoms with Gasteiger partial charge in [-0.25, -0.2) is 4.79 Å². The fraction of sp³-hybridized carbons (Fsp3) is 0.533. The third-order valence-electron chi connectivity index (χ3n) is 2.66. The van der Waals surface area contributed by atoms with Crippen LogP contribution in [0.5, 0.6) is 0 Å². The molecule has 1 aromatic rings. The minimum absolute atomic E-state index is 0.382.